The van der Waals surface area contributed by atoms with Crippen molar-refractivity contribution in [3.8, 4) is 0 Å². The van der Waals surface area contributed by atoms with E-state index in [0.717, 1.165) is 6.07 Å². The number of amides is 1. The molecule has 0 saturated heterocycles. The first-order chi connectivity index (χ1) is 8.34. The van der Waals surface area contributed by atoms with Gasteiger partial charge in [0.1, 0.15) is 5.82 Å². The Hall–Kier alpha value is -1.22. The summed E-state index contributed by atoms with van der Waals surface area (Å²) in [6.45, 7) is -0.446. The van der Waals surface area contributed by atoms with Gasteiger partial charge < -0.3 is 5.32 Å². The number of halogens is 2. The molecule has 0 aromatic heterocycles. The molecule has 1 aromatic carbocycles. The third kappa shape index (κ3) is 4.57. The Bertz CT molecular complexity index is 550. The fourth-order valence-corrected chi connectivity index (χ4v) is 1.66. The van der Waals surface area contributed by atoms with E-state index in [1.165, 1.54) is 19.2 Å². The van der Waals surface area contributed by atoms with Gasteiger partial charge in [-0.05, 0) is 18.2 Å². The molecule has 0 unspecified atom stereocenters. The SMILES string of the molecule is CNS(=O)(=O)NCC(=O)Nc1ccc(F)c(Cl)c1. The second-order valence-corrected chi connectivity index (χ2v) is 5.32. The minimum atomic E-state index is -3.67. The fraction of sp³-hybridized carbons (Fsp3) is 0.222. The zero-order chi connectivity index (χ0) is 13.8. The molecule has 3 N–H and O–H groups in total. The molecular formula is C9H11ClFN3O3S. The predicted molar refractivity (Wildman–Crippen MR) is 66.0 cm³/mol. The molecule has 1 aromatic rings. The zero-order valence-corrected chi connectivity index (χ0v) is 10.9. The Labute approximate surface area is 109 Å². The van der Waals surface area contributed by atoms with E-state index in [1.807, 2.05) is 9.44 Å². The van der Waals surface area contributed by atoms with Crippen molar-refractivity contribution in [1.29, 1.82) is 0 Å². The lowest BCUT2D eigenvalue weighted by atomic mass is 10.3. The highest BCUT2D eigenvalue weighted by Crippen LogP contribution is 2.19. The number of carbonyl (C=O) groups excluding carboxylic acids is 1. The van der Waals surface area contributed by atoms with Gasteiger partial charge in [0.2, 0.25) is 5.91 Å². The molecule has 0 aliphatic rings. The molecular weight excluding hydrogens is 285 g/mol. The number of benzene rings is 1. The first-order valence-corrected chi connectivity index (χ1v) is 6.63. The maximum atomic E-state index is 12.8. The summed E-state index contributed by atoms with van der Waals surface area (Å²) in [5.41, 5.74) is 0.273. The quantitative estimate of drug-likeness (QED) is 0.738. The van der Waals surface area contributed by atoms with Crippen LogP contribution in [0, 0.1) is 5.82 Å². The van der Waals surface area contributed by atoms with Gasteiger partial charge in [-0.15, -0.1) is 0 Å². The average Bonchev–Trinajstić information content (AvgIpc) is 2.32. The molecule has 0 bridgehead atoms. The van der Waals surface area contributed by atoms with Crippen LogP contribution in [0.25, 0.3) is 0 Å². The van der Waals surface area contributed by atoms with Gasteiger partial charge in [0, 0.05) is 12.7 Å². The first-order valence-electron chi connectivity index (χ1n) is 4.77. The number of carbonyl (C=O) groups is 1. The highest BCUT2D eigenvalue weighted by Gasteiger charge is 2.10. The van der Waals surface area contributed by atoms with E-state index in [9.17, 15) is 17.6 Å². The molecule has 6 nitrogen and oxygen atoms in total. The molecule has 18 heavy (non-hydrogen) atoms. The Morgan fingerprint density at radius 1 is 1.44 bits per heavy atom. The van der Waals surface area contributed by atoms with Gasteiger partial charge in [0.25, 0.3) is 10.2 Å². The Balaban J connectivity index is 2.57. The van der Waals surface area contributed by atoms with Gasteiger partial charge in [-0.1, -0.05) is 11.6 Å². The van der Waals surface area contributed by atoms with Crippen LogP contribution < -0.4 is 14.8 Å². The number of hydrogen-bond donors (Lipinski definition) is 3. The normalized spacial score (nSPS) is 11.3. The lowest BCUT2D eigenvalue weighted by molar-refractivity contribution is -0.115. The van der Waals surface area contributed by atoms with Crippen molar-refractivity contribution < 1.29 is 17.6 Å². The van der Waals surface area contributed by atoms with Crippen molar-refractivity contribution in [3.05, 3.63) is 29.0 Å². The van der Waals surface area contributed by atoms with E-state index in [1.54, 1.807) is 0 Å². The van der Waals surface area contributed by atoms with Gasteiger partial charge in [0.05, 0.1) is 11.6 Å². The third-order valence-corrected chi connectivity index (χ3v) is 3.25. The highest BCUT2D eigenvalue weighted by atomic mass is 35.5. The van der Waals surface area contributed by atoms with Gasteiger partial charge in [-0.2, -0.15) is 13.1 Å². The molecule has 9 heteroatoms. The van der Waals surface area contributed by atoms with Crippen LogP contribution in [0.2, 0.25) is 5.02 Å². The topological polar surface area (TPSA) is 87.3 Å². The predicted octanol–water partition coefficient (Wildman–Crippen LogP) is 0.471. The molecule has 0 aliphatic carbocycles. The van der Waals surface area contributed by atoms with Crippen molar-refractivity contribution in [2.24, 2.45) is 0 Å². The Morgan fingerprint density at radius 3 is 2.67 bits per heavy atom. The molecule has 0 spiro atoms. The number of nitrogens with one attached hydrogen (secondary N) is 3. The standard InChI is InChI=1S/C9H11ClFN3O3S/c1-12-18(16,17)13-5-9(15)14-6-2-3-8(11)7(10)4-6/h2-4,12-13H,5H2,1H3,(H,14,15). The summed E-state index contributed by atoms with van der Waals surface area (Å²) in [4.78, 5) is 11.4. The van der Waals surface area contributed by atoms with Crippen LogP contribution in [-0.2, 0) is 15.0 Å². The van der Waals surface area contributed by atoms with Crippen LogP contribution in [0.5, 0.6) is 0 Å². The van der Waals surface area contributed by atoms with E-state index < -0.39 is 28.5 Å². The van der Waals surface area contributed by atoms with Crippen LogP contribution >= 0.6 is 11.6 Å². The van der Waals surface area contributed by atoms with Crippen LogP contribution in [0.3, 0.4) is 0 Å². The Kier molecular flexibility index (Phi) is 5.03. The molecule has 0 aliphatic heterocycles. The summed E-state index contributed by atoms with van der Waals surface area (Å²) in [5.74, 6) is -1.21. The lowest BCUT2D eigenvalue weighted by Crippen LogP contribution is -2.39. The summed E-state index contributed by atoms with van der Waals surface area (Å²) >= 11 is 5.52. The number of hydrogen-bond acceptors (Lipinski definition) is 3. The second kappa shape index (κ2) is 6.10. The minimum Gasteiger partial charge on any atom is -0.325 e. The maximum absolute atomic E-state index is 12.8. The van der Waals surface area contributed by atoms with Gasteiger partial charge in [0.15, 0.2) is 0 Å². The van der Waals surface area contributed by atoms with E-state index in [4.69, 9.17) is 11.6 Å². The molecule has 0 atom stereocenters. The summed E-state index contributed by atoms with van der Waals surface area (Å²) < 4.78 is 38.8. The van der Waals surface area contributed by atoms with Gasteiger partial charge in [-0.25, -0.2) is 9.11 Å². The van der Waals surface area contributed by atoms with Crippen molar-refractivity contribution in [2.75, 3.05) is 18.9 Å². The third-order valence-electron chi connectivity index (χ3n) is 1.89. The monoisotopic (exact) mass is 295 g/mol. The molecule has 0 saturated carbocycles. The summed E-state index contributed by atoms with van der Waals surface area (Å²) in [6, 6.07) is 3.63. The fourth-order valence-electron chi connectivity index (χ4n) is 1.01. The summed E-state index contributed by atoms with van der Waals surface area (Å²) in [5, 5.41) is 2.23. The Morgan fingerprint density at radius 2 is 2.11 bits per heavy atom. The molecule has 100 valence electrons. The zero-order valence-electron chi connectivity index (χ0n) is 9.33. The van der Waals surface area contributed by atoms with Gasteiger partial charge in [-0.3, -0.25) is 4.79 Å². The van der Waals surface area contributed by atoms with E-state index in [-0.39, 0.29) is 10.7 Å². The van der Waals surface area contributed by atoms with Crippen molar-refractivity contribution in [3.63, 3.8) is 0 Å². The second-order valence-electron chi connectivity index (χ2n) is 3.21. The highest BCUT2D eigenvalue weighted by molar-refractivity contribution is 7.87. The largest absolute Gasteiger partial charge is 0.325 e. The van der Waals surface area contributed by atoms with Crippen LogP contribution in [0.1, 0.15) is 0 Å². The summed E-state index contributed by atoms with van der Waals surface area (Å²) in [6.07, 6.45) is 0. The lowest BCUT2D eigenvalue weighted by Gasteiger charge is -2.07. The van der Waals surface area contributed by atoms with Gasteiger partial charge >= 0.3 is 0 Å². The molecule has 0 radical (unpaired) electrons. The van der Waals surface area contributed by atoms with Crippen molar-refractivity contribution >= 4 is 33.4 Å². The number of rotatable bonds is 5. The molecule has 0 heterocycles. The van der Waals surface area contributed by atoms with Crippen LogP contribution in [-0.4, -0.2) is 27.9 Å². The van der Waals surface area contributed by atoms with Crippen LogP contribution in [0.15, 0.2) is 18.2 Å². The van der Waals surface area contributed by atoms with Crippen molar-refractivity contribution in [1.82, 2.24) is 9.44 Å². The van der Waals surface area contributed by atoms with Crippen LogP contribution in [0.4, 0.5) is 10.1 Å². The molecule has 0 fully saturated rings. The molecule has 1 amide bonds. The van der Waals surface area contributed by atoms with E-state index in [0.29, 0.717) is 0 Å². The smallest absolute Gasteiger partial charge is 0.277 e. The molecule has 1 rings (SSSR count). The minimum absolute atomic E-state index is 0.136. The number of anilines is 1. The van der Waals surface area contributed by atoms with E-state index in [2.05, 4.69) is 5.32 Å². The first kappa shape index (κ1) is 14.8. The summed E-state index contributed by atoms with van der Waals surface area (Å²) in [7, 11) is -2.46. The maximum Gasteiger partial charge on any atom is 0.277 e. The average molecular weight is 296 g/mol. The van der Waals surface area contributed by atoms with Crippen molar-refractivity contribution in [2.45, 2.75) is 0 Å². The van der Waals surface area contributed by atoms with E-state index >= 15 is 0 Å².